The van der Waals surface area contributed by atoms with Crippen LogP contribution in [0.3, 0.4) is 0 Å². The molecule has 1 aromatic carbocycles. The van der Waals surface area contributed by atoms with Crippen molar-refractivity contribution in [1.29, 1.82) is 0 Å². The van der Waals surface area contributed by atoms with Gasteiger partial charge in [-0.2, -0.15) is 0 Å². The SMILES string of the molecule is O=C(O)c1cc(B(O)O)cc(Cl)c1F. The maximum Gasteiger partial charge on any atom is 0.488 e. The van der Waals surface area contributed by atoms with Crippen molar-refractivity contribution in [3.05, 3.63) is 28.5 Å². The van der Waals surface area contributed by atoms with E-state index in [0.29, 0.717) is 0 Å². The summed E-state index contributed by atoms with van der Waals surface area (Å²) in [5.41, 5.74) is -0.866. The summed E-state index contributed by atoms with van der Waals surface area (Å²) in [6.45, 7) is 0. The zero-order valence-corrected chi connectivity index (χ0v) is 7.49. The van der Waals surface area contributed by atoms with E-state index in [2.05, 4.69) is 0 Å². The zero-order chi connectivity index (χ0) is 10.9. The maximum absolute atomic E-state index is 13.0. The lowest BCUT2D eigenvalue weighted by atomic mass is 9.79. The van der Waals surface area contributed by atoms with Gasteiger partial charge in [-0.3, -0.25) is 0 Å². The molecule has 0 saturated carbocycles. The molecule has 0 radical (unpaired) electrons. The molecular formula is C7H5BClFO4. The van der Waals surface area contributed by atoms with E-state index in [1.807, 2.05) is 0 Å². The van der Waals surface area contributed by atoms with Crippen LogP contribution < -0.4 is 5.46 Å². The number of carboxylic acid groups (broad SMARTS) is 1. The van der Waals surface area contributed by atoms with E-state index in [-0.39, 0.29) is 5.46 Å². The van der Waals surface area contributed by atoms with Crippen LogP contribution in [0.1, 0.15) is 10.4 Å². The summed E-state index contributed by atoms with van der Waals surface area (Å²) in [6.07, 6.45) is 0. The summed E-state index contributed by atoms with van der Waals surface area (Å²) >= 11 is 5.35. The highest BCUT2D eigenvalue weighted by atomic mass is 35.5. The fourth-order valence-corrected chi connectivity index (χ4v) is 1.14. The van der Waals surface area contributed by atoms with E-state index in [1.165, 1.54) is 0 Å². The van der Waals surface area contributed by atoms with Crippen LogP contribution in [-0.2, 0) is 0 Å². The number of carbonyl (C=O) groups is 1. The molecule has 0 aromatic heterocycles. The molecular weight excluding hydrogens is 213 g/mol. The lowest BCUT2D eigenvalue weighted by Crippen LogP contribution is -2.31. The molecule has 0 fully saturated rings. The Morgan fingerprint density at radius 3 is 2.43 bits per heavy atom. The normalized spacial score (nSPS) is 10.0. The van der Waals surface area contributed by atoms with Crippen molar-refractivity contribution in [2.45, 2.75) is 0 Å². The number of hydrogen-bond donors (Lipinski definition) is 3. The standard InChI is InChI=1S/C7H5BClFO4/c9-5-2-3(8(13)14)1-4(6(5)10)7(11)12/h1-2,13-14H,(H,11,12). The molecule has 4 nitrogen and oxygen atoms in total. The predicted octanol–water partition coefficient (Wildman–Crippen LogP) is -0.143. The first-order valence-corrected chi connectivity index (χ1v) is 3.89. The van der Waals surface area contributed by atoms with Gasteiger partial charge in [0.2, 0.25) is 0 Å². The fraction of sp³-hybridized carbons (Fsp3) is 0. The highest BCUT2D eigenvalue weighted by Gasteiger charge is 2.20. The Kier molecular flexibility index (Phi) is 3.10. The van der Waals surface area contributed by atoms with Crippen molar-refractivity contribution in [2.24, 2.45) is 0 Å². The molecule has 0 aliphatic heterocycles. The molecule has 7 heteroatoms. The molecule has 0 saturated heterocycles. The first-order valence-electron chi connectivity index (χ1n) is 3.52. The summed E-state index contributed by atoms with van der Waals surface area (Å²) in [5.74, 6) is -2.62. The van der Waals surface area contributed by atoms with Gasteiger partial charge in [-0.05, 0) is 17.6 Å². The van der Waals surface area contributed by atoms with E-state index in [9.17, 15) is 9.18 Å². The second kappa shape index (κ2) is 3.95. The van der Waals surface area contributed by atoms with Crippen LogP contribution in [0.25, 0.3) is 0 Å². The molecule has 0 bridgehead atoms. The maximum atomic E-state index is 13.0. The summed E-state index contributed by atoms with van der Waals surface area (Å²) in [5, 5.41) is 25.5. The van der Waals surface area contributed by atoms with Crippen LogP contribution in [0.5, 0.6) is 0 Å². The number of carboxylic acids is 1. The smallest absolute Gasteiger partial charge is 0.478 e. The number of benzene rings is 1. The molecule has 1 rings (SSSR count). The van der Waals surface area contributed by atoms with Crippen molar-refractivity contribution >= 4 is 30.2 Å². The molecule has 0 atom stereocenters. The number of rotatable bonds is 2. The third-order valence-corrected chi connectivity index (χ3v) is 1.85. The topological polar surface area (TPSA) is 77.8 Å². The second-order valence-electron chi connectivity index (χ2n) is 2.54. The second-order valence-corrected chi connectivity index (χ2v) is 2.95. The molecule has 0 aliphatic rings. The van der Waals surface area contributed by atoms with Gasteiger partial charge in [0.05, 0.1) is 10.6 Å². The van der Waals surface area contributed by atoms with Crippen molar-refractivity contribution in [2.75, 3.05) is 0 Å². The summed E-state index contributed by atoms with van der Waals surface area (Å²) < 4.78 is 13.0. The van der Waals surface area contributed by atoms with E-state index in [4.69, 9.17) is 26.8 Å². The van der Waals surface area contributed by atoms with E-state index < -0.39 is 29.5 Å². The highest BCUT2D eigenvalue weighted by molar-refractivity contribution is 6.59. The van der Waals surface area contributed by atoms with Gasteiger partial charge in [0.25, 0.3) is 0 Å². The molecule has 1 aromatic rings. The van der Waals surface area contributed by atoms with Gasteiger partial charge in [-0.1, -0.05) is 11.6 Å². The molecule has 0 amide bonds. The molecule has 3 N–H and O–H groups in total. The minimum Gasteiger partial charge on any atom is -0.478 e. The average Bonchev–Trinajstić information content (AvgIpc) is 2.08. The number of aromatic carboxylic acids is 1. The quantitative estimate of drug-likeness (QED) is 0.604. The Bertz CT molecular complexity index is 382. The van der Waals surface area contributed by atoms with E-state index >= 15 is 0 Å². The van der Waals surface area contributed by atoms with Crippen LogP contribution in [0.4, 0.5) is 4.39 Å². The van der Waals surface area contributed by atoms with Gasteiger partial charge < -0.3 is 15.2 Å². The van der Waals surface area contributed by atoms with Gasteiger partial charge in [0, 0.05) is 0 Å². The third kappa shape index (κ3) is 2.04. The third-order valence-electron chi connectivity index (χ3n) is 1.58. The van der Waals surface area contributed by atoms with Crippen LogP contribution in [0, 0.1) is 5.82 Å². The molecule has 0 heterocycles. The highest BCUT2D eigenvalue weighted by Crippen LogP contribution is 2.16. The predicted molar refractivity (Wildman–Crippen MR) is 48.2 cm³/mol. The molecule has 74 valence electrons. The van der Waals surface area contributed by atoms with Gasteiger partial charge in [-0.25, -0.2) is 9.18 Å². The molecule has 0 aliphatic carbocycles. The Morgan fingerprint density at radius 2 is 2.00 bits per heavy atom. The fourth-order valence-electron chi connectivity index (χ4n) is 0.915. The van der Waals surface area contributed by atoms with Gasteiger partial charge >= 0.3 is 13.1 Å². The summed E-state index contributed by atoms with van der Waals surface area (Å²) in [7, 11) is -1.88. The van der Waals surface area contributed by atoms with E-state index in [1.54, 1.807) is 0 Å². The minimum atomic E-state index is -1.88. The Hall–Kier alpha value is -1.11. The number of halogens is 2. The first-order chi connectivity index (χ1) is 6.43. The summed E-state index contributed by atoms with van der Waals surface area (Å²) in [6, 6.07) is 1.77. The lowest BCUT2D eigenvalue weighted by Gasteiger charge is -2.04. The summed E-state index contributed by atoms with van der Waals surface area (Å²) in [4.78, 5) is 10.5. The van der Waals surface area contributed by atoms with Crippen molar-refractivity contribution in [1.82, 2.24) is 0 Å². The zero-order valence-electron chi connectivity index (χ0n) is 6.74. The Morgan fingerprint density at radius 1 is 1.43 bits per heavy atom. The Labute approximate surface area is 83.7 Å². The van der Waals surface area contributed by atoms with E-state index in [0.717, 1.165) is 12.1 Å². The van der Waals surface area contributed by atoms with Crippen molar-refractivity contribution < 1.29 is 24.3 Å². The minimum absolute atomic E-state index is 0.172. The van der Waals surface area contributed by atoms with Crippen LogP contribution in [0.2, 0.25) is 5.02 Å². The Balaban J connectivity index is 3.35. The van der Waals surface area contributed by atoms with Gasteiger partial charge in [0.15, 0.2) is 5.82 Å². The van der Waals surface area contributed by atoms with Crippen LogP contribution in [-0.4, -0.2) is 28.2 Å². The first kappa shape index (κ1) is 11.0. The van der Waals surface area contributed by atoms with Crippen molar-refractivity contribution in [3.8, 4) is 0 Å². The van der Waals surface area contributed by atoms with Crippen LogP contribution >= 0.6 is 11.6 Å². The molecule has 0 unspecified atom stereocenters. The molecule has 0 spiro atoms. The monoisotopic (exact) mass is 218 g/mol. The van der Waals surface area contributed by atoms with Gasteiger partial charge in [-0.15, -0.1) is 0 Å². The molecule has 14 heavy (non-hydrogen) atoms. The largest absolute Gasteiger partial charge is 0.488 e. The average molecular weight is 218 g/mol. The van der Waals surface area contributed by atoms with Crippen LogP contribution in [0.15, 0.2) is 12.1 Å². The number of hydrogen-bond acceptors (Lipinski definition) is 3. The lowest BCUT2D eigenvalue weighted by molar-refractivity contribution is 0.0692. The van der Waals surface area contributed by atoms with Gasteiger partial charge in [0.1, 0.15) is 0 Å². The van der Waals surface area contributed by atoms with Crippen molar-refractivity contribution in [3.63, 3.8) is 0 Å².